The molecule has 1 amide bonds. The van der Waals surface area contributed by atoms with Gasteiger partial charge in [-0.25, -0.2) is 4.68 Å². The van der Waals surface area contributed by atoms with Crippen LogP contribution in [0.1, 0.15) is 28.5 Å². The second-order valence-electron chi connectivity index (χ2n) is 5.17. The van der Waals surface area contributed by atoms with Crippen LogP contribution in [0.3, 0.4) is 0 Å². The second-order valence-corrected chi connectivity index (χ2v) is 6.23. The molecule has 2 N–H and O–H groups in total. The van der Waals surface area contributed by atoms with Crippen molar-refractivity contribution in [3.8, 4) is 10.6 Å². The Kier molecular flexibility index (Phi) is 4.92. The molecule has 0 fully saturated rings. The fraction of sp³-hybridized carbons (Fsp3) is 0.267. The number of carbonyl (C=O) groups excluding carboxylic acids is 1. The van der Waals surface area contributed by atoms with E-state index in [0.717, 1.165) is 10.6 Å². The minimum Gasteiger partial charge on any atom is -0.394 e. The van der Waals surface area contributed by atoms with Crippen LogP contribution >= 0.6 is 11.3 Å². The number of aliphatic hydroxyl groups excluding tert-OH is 1. The summed E-state index contributed by atoms with van der Waals surface area (Å²) in [7, 11) is 0. The van der Waals surface area contributed by atoms with Gasteiger partial charge in [-0.1, -0.05) is 46.9 Å². The molecule has 0 radical (unpaired) electrons. The summed E-state index contributed by atoms with van der Waals surface area (Å²) in [6.07, 6.45) is 1.51. The van der Waals surface area contributed by atoms with E-state index in [-0.39, 0.29) is 30.8 Å². The molecule has 0 unspecified atom stereocenters. The molecule has 9 heteroatoms. The van der Waals surface area contributed by atoms with Crippen molar-refractivity contribution in [3.05, 3.63) is 47.2 Å². The molecular weight excluding hydrogens is 328 g/mol. The third kappa shape index (κ3) is 3.63. The number of hydrogen-bond acceptors (Lipinski definition) is 7. The average molecular weight is 344 g/mol. The SMILES string of the molecule is C[C@@H](CO)n1cc(C(=O)NCc2nnc(-c3ccccc3)s2)nn1. The summed E-state index contributed by atoms with van der Waals surface area (Å²) in [5.41, 5.74) is 1.19. The van der Waals surface area contributed by atoms with E-state index in [0.29, 0.717) is 5.01 Å². The lowest BCUT2D eigenvalue weighted by molar-refractivity contribution is 0.0945. The Morgan fingerprint density at radius 2 is 2.08 bits per heavy atom. The molecule has 0 spiro atoms. The van der Waals surface area contributed by atoms with E-state index < -0.39 is 0 Å². The zero-order valence-electron chi connectivity index (χ0n) is 13.0. The molecule has 0 aliphatic carbocycles. The highest BCUT2D eigenvalue weighted by Gasteiger charge is 2.14. The van der Waals surface area contributed by atoms with Gasteiger partial charge in [0.1, 0.15) is 10.0 Å². The first-order chi connectivity index (χ1) is 11.7. The van der Waals surface area contributed by atoms with Gasteiger partial charge < -0.3 is 10.4 Å². The number of rotatable bonds is 6. The maximum Gasteiger partial charge on any atom is 0.273 e. The van der Waals surface area contributed by atoms with Crippen LogP contribution in [0.15, 0.2) is 36.5 Å². The predicted molar refractivity (Wildman–Crippen MR) is 88.3 cm³/mol. The molecular formula is C15H16N6O2S. The summed E-state index contributed by atoms with van der Waals surface area (Å²) in [5.74, 6) is -0.345. The lowest BCUT2D eigenvalue weighted by atomic mass is 10.2. The van der Waals surface area contributed by atoms with Gasteiger partial charge in [0.25, 0.3) is 5.91 Å². The Labute approximate surface area is 142 Å². The fourth-order valence-corrected chi connectivity index (χ4v) is 2.73. The van der Waals surface area contributed by atoms with Gasteiger partial charge in [-0.15, -0.1) is 15.3 Å². The monoisotopic (exact) mass is 344 g/mol. The van der Waals surface area contributed by atoms with Gasteiger partial charge in [0.2, 0.25) is 0 Å². The smallest absolute Gasteiger partial charge is 0.273 e. The highest BCUT2D eigenvalue weighted by Crippen LogP contribution is 2.22. The van der Waals surface area contributed by atoms with Gasteiger partial charge in [0.15, 0.2) is 5.69 Å². The first-order valence-electron chi connectivity index (χ1n) is 7.36. The molecule has 8 nitrogen and oxygen atoms in total. The van der Waals surface area contributed by atoms with Gasteiger partial charge >= 0.3 is 0 Å². The summed E-state index contributed by atoms with van der Waals surface area (Å²) in [6, 6.07) is 9.52. The largest absolute Gasteiger partial charge is 0.394 e. The third-order valence-corrected chi connectivity index (χ3v) is 4.32. The van der Waals surface area contributed by atoms with Crippen molar-refractivity contribution < 1.29 is 9.90 Å². The van der Waals surface area contributed by atoms with Crippen LogP contribution in [-0.4, -0.2) is 42.8 Å². The van der Waals surface area contributed by atoms with Crippen LogP contribution in [0.4, 0.5) is 0 Å². The Balaban J connectivity index is 1.61. The van der Waals surface area contributed by atoms with Crippen molar-refractivity contribution in [3.63, 3.8) is 0 Å². The zero-order chi connectivity index (χ0) is 16.9. The summed E-state index contributed by atoms with van der Waals surface area (Å²) in [4.78, 5) is 12.1. The van der Waals surface area contributed by atoms with Crippen LogP contribution in [-0.2, 0) is 6.54 Å². The number of benzene rings is 1. The van der Waals surface area contributed by atoms with Crippen molar-refractivity contribution in [2.45, 2.75) is 19.5 Å². The van der Waals surface area contributed by atoms with E-state index in [2.05, 4.69) is 25.8 Å². The molecule has 0 aliphatic heterocycles. The number of carbonyl (C=O) groups is 1. The molecule has 2 heterocycles. The highest BCUT2D eigenvalue weighted by atomic mass is 32.1. The minimum absolute atomic E-state index is 0.0720. The highest BCUT2D eigenvalue weighted by molar-refractivity contribution is 7.14. The quantitative estimate of drug-likeness (QED) is 0.698. The van der Waals surface area contributed by atoms with Gasteiger partial charge in [0, 0.05) is 5.56 Å². The number of nitrogens with one attached hydrogen (secondary N) is 1. The molecule has 2 aromatic heterocycles. The molecule has 0 saturated carbocycles. The normalized spacial score (nSPS) is 12.1. The Morgan fingerprint density at radius 1 is 1.29 bits per heavy atom. The summed E-state index contributed by atoms with van der Waals surface area (Å²) in [6.45, 7) is 1.98. The van der Waals surface area contributed by atoms with Crippen LogP contribution < -0.4 is 5.32 Å². The van der Waals surface area contributed by atoms with Crippen molar-refractivity contribution >= 4 is 17.2 Å². The van der Waals surface area contributed by atoms with Crippen molar-refractivity contribution in [2.24, 2.45) is 0 Å². The lowest BCUT2D eigenvalue weighted by Gasteiger charge is -2.05. The van der Waals surface area contributed by atoms with Gasteiger partial charge in [-0.3, -0.25) is 4.79 Å². The van der Waals surface area contributed by atoms with Gasteiger partial charge in [-0.2, -0.15) is 0 Å². The standard InChI is InChI=1S/C15H16N6O2S/c1-10(9-22)21-8-12(17-20-21)14(23)16-7-13-18-19-15(24-13)11-5-3-2-4-6-11/h2-6,8,10,22H,7,9H2,1H3,(H,16,23)/t10-/m0/s1. The van der Waals surface area contributed by atoms with Crippen LogP contribution in [0.5, 0.6) is 0 Å². The van der Waals surface area contributed by atoms with Crippen molar-refractivity contribution in [1.82, 2.24) is 30.5 Å². The summed E-state index contributed by atoms with van der Waals surface area (Å²) < 4.78 is 1.45. The number of nitrogens with zero attached hydrogens (tertiary/aromatic N) is 5. The Morgan fingerprint density at radius 3 is 2.83 bits per heavy atom. The van der Waals surface area contributed by atoms with Crippen molar-refractivity contribution in [2.75, 3.05) is 6.61 Å². The van der Waals surface area contributed by atoms with Crippen LogP contribution in [0, 0.1) is 0 Å². The molecule has 124 valence electrons. The zero-order valence-corrected chi connectivity index (χ0v) is 13.8. The van der Waals surface area contributed by atoms with E-state index >= 15 is 0 Å². The average Bonchev–Trinajstić information content (AvgIpc) is 3.29. The first kappa shape index (κ1) is 16.2. The summed E-state index contributed by atoms with van der Waals surface area (Å²) in [5, 5.41) is 29.2. The first-order valence-corrected chi connectivity index (χ1v) is 8.17. The number of aliphatic hydroxyl groups is 1. The number of aromatic nitrogens is 5. The minimum atomic E-state index is -0.345. The maximum atomic E-state index is 12.1. The molecule has 1 atom stereocenters. The van der Waals surface area contributed by atoms with Crippen molar-refractivity contribution in [1.29, 1.82) is 0 Å². The van der Waals surface area contributed by atoms with E-state index in [1.54, 1.807) is 6.92 Å². The van der Waals surface area contributed by atoms with Gasteiger partial charge in [-0.05, 0) is 6.92 Å². The predicted octanol–water partition coefficient (Wildman–Crippen LogP) is 1.28. The second kappa shape index (κ2) is 7.28. The van der Waals surface area contributed by atoms with Crippen LogP contribution in [0.2, 0.25) is 0 Å². The Bertz CT molecular complexity index is 816. The van der Waals surface area contributed by atoms with E-state index in [1.807, 2.05) is 30.3 Å². The third-order valence-electron chi connectivity index (χ3n) is 3.35. The van der Waals surface area contributed by atoms with E-state index in [1.165, 1.54) is 22.2 Å². The maximum absolute atomic E-state index is 12.1. The van der Waals surface area contributed by atoms with Gasteiger partial charge in [0.05, 0.1) is 25.4 Å². The summed E-state index contributed by atoms with van der Waals surface area (Å²) >= 11 is 1.43. The number of amides is 1. The van der Waals surface area contributed by atoms with E-state index in [9.17, 15) is 4.79 Å². The van der Waals surface area contributed by atoms with Crippen LogP contribution in [0.25, 0.3) is 10.6 Å². The Hall–Kier alpha value is -2.65. The molecule has 24 heavy (non-hydrogen) atoms. The lowest BCUT2D eigenvalue weighted by Crippen LogP contribution is -2.23. The molecule has 3 rings (SSSR count). The molecule has 0 saturated heterocycles. The molecule has 0 aliphatic rings. The molecule has 0 bridgehead atoms. The van der Waals surface area contributed by atoms with E-state index in [4.69, 9.17) is 5.11 Å². The fourth-order valence-electron chi connectivity index (χ4n) is 1.95. The number of hydrogen-bond donors (Lipinski definition) is 2. The molecule has 3 aromatic rings. The molecule has 1 aromatic carbocycles. The topological polar surface area (TPSA) is 106 Å².